The summed E-state index contributed by atoms with van der Waals surface area (Å²) in [6.07, 6.45) is 2.44. The number of likely N-dealkylation sites (N-methyl/N-ethyl adjacent to an activating group) is 1. The summed E-state index contributed by atoms with van der Waals surface area (Å²) in [7, 11) is -1.77. The zero-order valence-electron chi connectivity index (χ0n) is 12.1. The van der Waals surface area contributed by atoms with Crippen LogP contribution in [0.15, 0.2) is 10.3 Å². The van der Waals surface area contributed by atoms with Gasteiger partial charge in [0.15, 0.2) is 0 Å². The second kappa shape index (κ2) is 6.53. The zero-order chi connectivity index (χ0) is 14.8. The minimum absolute atomic E-state index is 0.271. The number of nitrogens with zero attached hydrogens (tertiary/aromatic N) is 2. The van der Waals surface area contributed by atoms with E-state index < -0.39 is 10.0 Å². The van der Waals surface area contributed by atoms with Crippen LogP contribution < -0.4 is 5.73 Å². The normalized spacial score (nSPS) is 17.2. The average Bonchev–Trinajstić information content (AvgIpc) is 3.04. The summed E-state index contributed by atoms with van der Waals surface area (Å²) in [4.78, 5) is 3.47. The molecule has 1 aliphatic heterocycles. The number of aryl methyl sites for hydroxylation is 1. The molecule has 0 radical (unpaired) electrons. The van der Waals surface area contributed by atoms with Gasteiger partial charge in [0, 0.05) is 31.6 Å². The van der Waals surface area contributed by atoms with Gasteiger partial charge < -0.3 is 10.6 Å². The molecule has 1 aliphatic rings. The average molecular weight is 317 g/mol. The van der Waals surface area contributed by atoms with Gasteiger partial charge in [-0.15, -0.1) is 11.3 Å². The van der Waals surface area contributed by atoms with Crippen molar-refractivity contribution >= 4 is 21.4 Å². The Morgan fingerprint density at radius 2 is 2.05 bits per heavy atom. The molecule has 1 aromatic rings. The van der Waals surface area contributed by atoms with Crippen molar-refractivity contribution in [2.75, 3.05) is 33.2 Å². The quantitative estimate of drug-likeness (QED) is 0.857. The zero-order valence-corrected chi connectivity index (χ0v) is 13.8. The van der Waals surface area contributed by atoms with E-state index in [1.807, 2.05) is 12.3 Å². The third kappa shape index (κ3) is 3.23. The Bertz CT molecular complexity index is 548. The van der Waals surface area contributed by atoms with Crippen molar-refractivity contribution in [3.05, 3.63) is 15.8 Å². The minimum Gasteiger partial charge on any atom is -0.326 e. The van der Waals surface area contributed by atoms with Gasteiger partial charge >= 0.3 is 0 Å². The molecule has 7 heteroatoms. The van der Waals surface area contributed by atoms with Gasteiger partial charge in [-0.05, 0) is 43.8 Å². The third-order valence-corrected chi connectivity index (χ3v) is 7.12. The van der Waals surface area contributed by atoms with Gasteiger partial charge in [0.25, 0.3) is 0 Å². The summed E-state index contributed by atoms with van der Waals surface area (Å²) in [5.74, 6) is 0. The van der Waals surface area contributed by atoms with Crippen LogP contribution in [0.1, 0.15) is 23.3 Å². The van der Waals surface area contributed by atoms with Crippen LogP contribution in [0.5, 0.6) is 0 Å². The third-order valence-electron chi connectivity index (χ3n) is 3.77. The highest BCUT2D eigenvalue weighted by atomic mass is 32.2. The van der Waals surface area contributed by atoms with Crippen molar-refractivity contribution in [3.63, 3.8) is 0 Å². The molecule has 2 heterocycles. The maximum Gasteiger partial charge on any atom is 0.244 e. The van der Waals surface area contributed by atoms with E-state index in [0.717, 1.165) is 30.1 Å². The molecule has 0 aromatic carbocycles. The maximum atomic E-state index is 12.7. The molecule has 0 spiro atoms. The first-order valence-corrected chi connectivity index (χ1v) is 9.24. The van der Waals surface area contributed by atoms with Crippen LogP contribution in [0.2, 0.25) is 0 Å². The molecule has 20 heavy (non-hydrogen) atoms. The lowest BCUT2D eigenvalue weighted by molar-refractivity contribution is 0.310. The van der Waals surface area contributed by atoms with Crippen LogP contribution in [0.3, 0.4) is 0 Å². The summed E-state index contributed by atoms with van der Waals surface area (Å²) in [6.45, 7) is 5.60. The van der Waals surface area contributed by atoms with Crippen molar-refractivity contribution in [1.29, 1.82) is 0 Å². The molecule has 0 aliphatic carbocycles. The number of sulfonamides is 1. The number of hydrogen-bond donors (Lipinski definition) is 1. The molecule has 2 N–H and O–H groups in total. The fraction of sp³-hybridized carbons (Fsp3) is 0.692. The lowest BCUT2D eigenvalue weighted by atomic mass is 10.3. The van der Waals surface area contributed by atoms with E-state index in [0.29, 0.717) is 11.4 Å². The Kier molecular flexibility index (Phi) is 5.19. The fourth-order valence-corrected chi connectivity index (χ4v) is 5.35. The van der Waals surface area contributed by atoms with Gasteiger partial charge in [-0.3, -0.25) is 0 Å². The summed E-state index contributed by atoms with van der Waals surface area (Å²) < 4.78 is 26.8. The van der Waals surface area contributed by atoms with E-state index in [2.05, 4.69) is 4.90 Å². The predicted molar refractivity (Wildman–Crippen MR) is 82.4 cm³/mol. The largest absolute Gasteiger partial charge is 0.326 e. The van der Waals surface area contributed by atoms with E-state index >= 15 is 0 Å². The Balaban J connectivity index is 2.10. The molecule has 2 rings (SSSR count). The molecule has 0 bridgehead atoms. The van der Waals surface area contributed by atoms with E-state index in [4.69, 9.17) is 5.73 Å². The standard InChI is InChI=1S/C13H23N3O2S2/c1-11-10-19-12(9-14)13(11)20(17,18)15(2)7-8-16-5-3-4-6-16/h10H,3-9,14H2,1-2H3. The van der Waals surface area contributed by atoms with Gasteiger partial charge in [-0.25, -0.2) is 8.42 Å². The smallest absolute Gasteiger partial charge is 0.244 e. The van der Waals surface area contributed by atoms with Crippen LogP contribution >= 0.6 is 11.3 Å². The van der Waals surface area contributed by atoms with E-state index in [9.17, 15) is 8.42 Å². The monoisotopic (exact) mass is 317 g/mol. The topological polar surface area (TPSA) is 66.6 Å². The summed E-state index contributed by atoms with van der Waals surface area (Å²) >= 11 is 1.42. The Morgan fingerprint density at radius 1 is 1.40 bits per heavy atom. The van der Waals surface area contributed by atoms with Crippen LogP contribution in [0.4, 0.5) is 0 Å². The first kappa shape index (κ1) is 15.9. The molecular formula is C13H23N3O2S2. The van der Waals surface area contributed by atoms with Gasteiger partial charge in [0.1, 0.15) is 4.90 Å². The Morgan fingerprint density at radius 3 is 2.65 bits per heavy atom. The van der Waals surface area contributed by atoms with Crippen LogP contribution in [-0.2, 0) is 16.6 Å². The summed E-state index contributed by atoms with van der Waals surface area (Å²) in [5.41, 5.74) is 6.45. The van der Waals surface area contributed by atoms with Crippen molar-refractivity contribution in [3.8, 4) is 0 Å². The minimum atomic E-state index is -3.42. The van der Waals surface area contributed by atoms with Gasteiger partial charge in [0.2, 0.25) is 10.0 Å². The second-order valence-corrected chi connectivity index (χ2v) is 8.20. The highest BCUT2D eigenvalue weighted by molar-refractivity contribution is 7.89. The van der Waals surface area contributed by atoms with Crippen molar-refractivity contribution in [2.24, 2.45) is 5.73 Å². The molecule has 0 saturated carbocycles. The summed E-state index contributed by atoms with van der Waals surface area (Å²) in [6, 6.07) is 0. The molecule has 114 valence electrons. The molecule has 5 nitrogen and oxygen atoms in total. The van der Waals surface area contributed by atoms with Crippen molar-refractivity contribution < 1.29 is 8.42 Å². The van der Waals surface area contributed by atoms with Gasteiger partial charge in [0.05, 0.1) is 0 Å². The number of nitrogens with two attached hydrogens (primary N) is 1. The molecule has 0 amide bonds. The van der Waals surface area contributed by atoms with E-state index in [1.165, 1.54) is 28.5 Å². The number of hydrogen-bond acceptors (Lipinski definition) is 5. The Hall–Kier alpha value is -0.470. The molecular weight excluding hydrogens is 294 g/mol. The van der Waals surface area contributed by atoms with Crippen LogP contribution in [0.25, 0.3) is 0 Å². The van der Waals surface area contributed by atoms with E-state index in [1.54, 1.807) is 7.05 Å². The summed E-state index contributed by atoms with van der Waals surface area (Å²) in [5, 5.41) is 1.86. The highest BCUT2D eigenvalue weighted by Gasteiger charge is 2.27. The van der Waals surface area contributed by atoms with Gasteiger partial charge in [-0.2, -0.15) is 4.31 Å². The van der Waals surface area contributed by atoms with Crippen LogP contribution in [-0.4, -0.2) is 50.8 Å². The number of likely N-dealkylation sites (tertiary alicyclic amines) is 1. The number of rotatable bonds is 6. The lowest BCUT2D eigenvalue weighted by Crippen LogP contribution is -2.35. The van der Waals surface area contributed by atoms with Crippen molar-refractivity contribution in [1.82, 2.24) is 9.21 Å². The molecule has 1 aromatic heterocycles. The Labute approximate surface area is 125 Å². The predicted octanol–water partition coefficient (Wildman–Crippen LogP) is 1.23. The maximum absolute atomic E-state index is 12.7. The van der Waals surface area contributed by atoms with E-state index in [-0.39, 0.29) is 6.54 Å². The molecule has 0 unspecified atom stereocenters. The van der Waals surface area contributed by atoms with Crippen molar-refractivity contribution in [2.45, 2.75) is 31.2 Å². The first-order valence-electron chi connectivity index (χ1n) is 6.92. The molecule has 1 fully saturated rings. The van der Waals surface area contributed by atoms with Crippen LogP contribution in [0, 0.1) is 6.92 Å². The fourth-order valence-electron chi connectivity index (χ4n) is 2.54. The lowest BCUT2D eigenvalue weighted by Gasteiger charge is -2.21. The molecule has 1 saturated heterocycles. The second-order valence-electron chi connectivity index (χ2n) is 5.25. The highest BCUT2D eigenvalue weighted by Crippen LogP contribution is 2.28. The number of thiophene rings is 1. The first-order chi connectivity index (χ1) is 9.46. The molecule has 0 atom stereocenters. The SMILES string of the molecule is Cc1csc(CN)c1S(=O)(=O)N(C)CCN1CCCC1. The van der Waals surface area contributed by atoms with Gasteiger partial charge in [-0.1, -0.05) is 0 Å².